The number of carbonyl (C=O) groups is 3. The van der Waals surface area contributed by atoms with Crippen LogP contribution in [0.2, 0.25) is 0 Å². The third-order valence-corrected chi connectivity index (χ3v) is 6.41. The normalized spacial score (nSPS) is 18.0. The molecule has 0 aliphatic heterocycles. The van der Waals surface area contributed by atoms with Gasteiger partial charge in [0, 0.05) is 31.1 Å². The molecule has 0 aromatic heterocycles. The van der Waals surface area contributed by atoms with E-state index in [4.69, 9.17) is 10.5 Å². The average molecular weight is 477 g/mol. The molecule has 6 nitrogen and oxygen atoms in total. The van der Waals surface area contributed by atoms with Crippen molar-refractivity contribution < 1.29 is 19.1 Å². The molecule has 1 aliphatic carbocycles. The van der Waals surface area contributed by atoms with E-state index in [-0.39, 0.29) is 60.3 Å². The molecule has 0 saturated carbocycles. The molecule has 0 heterocycles. The maximum absolute atomic E-state index is 13.1. The molecule has 1 unspecified atom stereocenters. The Bertz CT molecular complexity index is 678. The van der Waals surface area contributed by atoms with Gasteiger partial charge in [0.15, 0.2) is 11.6 Å². The second-order valence-corrected chi connectivity index (χ2v) is 10.2. The van der Waals surface area contributed by atoms with Crippen LogP contribution in [0.1, 0.15) is 98.3 Å². The molecule has 0 aromatic rings. The predicted molar refractivity (Wildman–Crippen MR) is 137 cm³/mol. The van der Waals surface area contributed by atoms with Gasteiger partial charge in [-0.15, -0.1) is 5.92 Å². The SMILES string of the molecule is CC(C)C(=O)[C@H](CCCCN)CC(=O)[C@@H](NCCCC(=O)COC1C#CCCCCC1)C(C)C. The van der Waals surface area contributed by atoms with Gasteiger partial charge in [0.05, 0.1) is 6.04 Å². The van der Waals surface area contributed by atoms with E-state index in [1.54, 1.807) is 0 Å². The molecule has 1 rings (SSSR count). The van der Waals surface area contributed by atoms with E-state index in [2.05, 4.69) is 17.2 Å². The Morgan fingerprint density at radius 1 is 1.06 bits per heavy atom. The zero-order valence-corrected chi connectivity index (χ0v) is 22.0. The minimum atomic E-state index is -0.312. The van der Waals surface area contributed by atoms with Crippen molar-refractivity contribution in [2.45, 2.75) is 110 Å². The lowest BCUT2D eigenvalue weighted by Gasteiger charge is -2.24. The lowest BCUT2D eigenvalue weighted by molar-refractivity contribution is -0.131. The van der Waals surface area contributed by atoms with Crippen LogP contribution in [-0.2, 0) is 19.1 Å². The molecule has 0 aromatic carbocycles. The van der Waals surface area contributed by atoms with Gasteiger partial charge < -0.3 is 15.8 Å². The van der Waals surface area contributed by atoms with E-state index < -0.39 is 0 Å². The molecule has 0 spiro atoms. The Morgan fingerprint density at radius 2 is 1.82 bits per heavy atom. The van der Waals surface area contributed by atoms with Crippen molar-refractivity contribution in [1.29, 1.82) is 0 Å². The first-order valence-corrected chi connectivity index (χ1v) is 13.4. The number of ketones is 3. The van der Waals surface area contributed by atoms with E-state index in [9.17, 15) is 14.4 Å². The van der Waals surface area contributed by atoms with Crippen LogP contribution in [0.5, 0.6) is 0 Å². The topological polar surface area (TPSA) is 98.5 Å². The first-order valence-electron chi connectivity index (χ1n) is 13.4. The number of nitrogens with one attached hydrogen (secondary N) is 1. The maximum Gasteiger partial charge on any atom is 0.158 e. The van der Waals surface area contributed by atoms with Crippen LogP contribution in [0.25, 0.3) is 0 Å². The molecule has 0 fully saturated rings. The summed E-state index contributed by atoms with van der Waals surface area (Å²) in [5.74, 6) is 6.37. The molecule has 0 radical (unpaired) electrons. The Balaban J connectivity index is 2.45. The van der Waals surface area contributed by atoms with Crippen LogP contribution >= 0.6 is 0 Å². The molecule has 34 heavy (non-hydrogen) atoms. The summed E-state index contributed by atoms with van der Waals surface area (Å²) in [6.45, 7) is 9.10. The molecule has 0 saturated heterocycles. The smallest absolute Gasteiger partial charge is 0.158 e. The van der Waals surface area contributed by atoms with Crippen molar-refractivity contribution in [3.8, 4) is 11.8 Å². The first kappa shape index (κ1) is 30.5. The van der Waals surface area contributed by atoms with Gasteiger partial charge in [0.2, 0.25) is 0 Å². The summed E-state index contributed by atoms with van der Waals surface area (Å²) in [7, 11) is 0. The fourth-order valence-electron chi connectivity index (χ4n) is 4.35. The predicted octanol–water partition coefficient (Wildman–Crippen LogP) is 4.23. The van der Waals surface area contributed by atoms with Gasteiger partial charge >= 0.3 is 0 Å². The highest BCUT2D eigenvalue weighted by molar-refractivity contribution is 5.91. The summed E-state index contributed by atoms with van der Waals surface area (Å²) < 4.78 is 5.72. The van der Waals surface area contributed by atoms with Crippen molar-refractivity contribution in [3.05, 3.63) is 0 Å². The lowest BCUT2D eigenvalue weighted by atomic mass is 9.84. The molecule has 0 amide bonds. The van der Waals surface area contributed by atoms with Crippen LogP contribution in [0.3, 0.4) is 0 Å². The number of hydrogen-bond acceptors (Lipinski definition) is 6. The highest BCUT2D eigenvalue weighted by atomic mass is 16.5. The largest absolute Gasteiger partial charge is 0.358 e. The summed E-state index contributed by atoms with van der Waals surface area (Å²) >= 11 is 0. The zero-order valence-electron chi connectivity index (χ0n) is 22.0. The van der Waals surface area contributed by atoms with Gasteiger partial charge in [-0.25, -0.2) is 0 Å². The zero-order chi connectivity index (χ0) is 25.3. The van der Waals surface area contributed by atoms with Crippen LogP contribution in [0.4, 0.5) is 0 Å². The molecular formula is C28H48N2O4. The maximum atomic E-state index is 13.1. The average Bonchev–Trinajstić information content (AvgIpc) is 2.76. The minimum Gasteiger partial charge on any atom is -0.358 e. The van der Waals surface area contributed by atoms with Gasteiger partial charge in [-0.2, -0.15) is 0 Å². The van der Waals surface area contributed by atoms with E-state index in [0.717, 1.165) is 38.5 Å². The third-order valence-electron chi connectivity index (χ3n) is 6.41. The summed E-state index contributed by atoms with van der Waals surface area (Å²) in [6, 6.07) is -0.312. The van der Waals surface area contributed by atoms with Crippen molar-refractivity contribution in [1.82, 2.24) is 5.32 Å². The summed E-state index contributed by atoms with van der Waals surface area (Å²) in [5, 5.41) is 3.34. The van der Waals surface area contributed by atoms with Crippen molar-refractivity contribution in [2.75, 3.05) is 19.7 Å². The number of ether oxygens (including phenoxy) is 1. The van der Waals surface area contributed by atoms with Gasteiger partial charge in [0.25, 0.3) is 0 Å². The molecule has 3 N–H and O–H groups in total. The second-order valence-electron chi connectivity index (χ2n) is 10.2. The fourth-order valence-corrected chi connectivity index (χ4v) is 4.35. The number of carbonyl (C=O) groups excluding carboxylic acids is 3. The number of Topliss-reactive ketones (excluding diaryl/α,β-unsaturated/α-hetero) is 3. The summed E-state index contributed by atoms with van der Waals surface area (Å²) in [6.07, 6.45) is 8.88. The van der Waals surface area contributed by atoms with Gasteiger partial charge in [-0.3, -0.25) is 14.4 Å². The number of hydrogen-bond donors (Lipinski definition) is 2. The Labute approximate surface area is 207 Å². The molecule has 1 aliphatic rings. The molecule has 3 atom stereocenters. The van der Waals surface area contributed by atoms with Crippen molar-refractivity contribution in [3.63, 3.8) is 0 Å². The summed E-state index contributed by atoms with van der Waals surface area (Å²) in [5.41, 5.74) is 5.60. The van der Waals surface area contributed by atoms with Crippen LogP contribution in [-0.4, -0.2) is 49.2 Å². The fraction of sp³-hybridized carbons (Fsp3) is 0.821. The van der Waals surface area contributed by atoms with Crippen LogP contribution < -0.4 is 11.1 Å². The van der Waals surface area contributed by atoms with Crippen molar-refractivity contribution >= 4 is 17.3 Å². The lowest BCUT2D eigenvalue weighted by Crippen LogP contribution is -2.43. The van der Waals surface area contributed by atoms with E-state index in [1.807, 2.05) is 27.7 Å². The molecular weight excluding hydrogens is 428 g/mol. The quantitative estimate of drug-likeness (QED) is 0.227. The minimum absolute atomic E-state index is 0.0700. The molecule has 194 valence electrons. The van der Waals surface area contributed by atoms with E-state index in [1.165, 1.54) is 6.42 Å². The second kappa shape index (κ2) is 17.8. The van der Waals surface area contributed by atoms with E-state index >= 15 is 0 Å². The Kier molecular flexibility index (Phi) is 16.0. The van der Waals surface area contributed by atoms with Gasteiger partial charge in [-0.1, -0.05) is 46.5 Å². The standard InChI is InChI=1S/C28H48N2O4/c1-21(2)27(26(32)19-23(13-10-11-17-29)28(33)22(3)4)30-18-12-14-24(31)20-34-25-15-8-6-5-7-9-16-25/h21-23,25,27,30H,5-8,10-15,17-20,29H2,1-4H3/t23-,25?,27+/m1/s1. The van der Waals surface area contributed by atoms with Crippen molar-refractivity contribution in [2.24, 2.45) is 23.5 Å². The highest BCUT2D eigenvalue weighted by Gasteiger charge is 2.28. The number of nitrogens with two attached hydrogens (primary N) is 1. The molecule has 0 bridgehead atoms. The van der Waals surface area contributed by atoms with E-state index in [0.29, 0.717) is 32.4 Å². The Hall–Kier alpha value is -1.55. The molecule has 6 heteroatoms. The third kappa shape index (κ3) is 12.8. The Morgan fingerprint density at radius 3 is 2.50 bits per heavy atom. The first-order chi connectivity index (χ1) is 16.3. The van der Waals surface area contributed by atoms with Crippen LogP contribution in [0.15, 0.2) is 0 Å². The summed E-state index contributed by atoms with van der Waals surface area (Å²) in [4.78, 5) is 38.0. The van der Waals surface area contributed by atoms with Crippen LogP contribution in [0, 0.1) is 29.6 Å². The highest BCUT2D eigenvalue weighted by Crippen LogP contribution is 2.21. The van der Waals surface area contributed by atoms with Gasteiger partial charge in [-0.05, 0) is 57.5 Å². The van der Waals surface area contributed by atoms with Gasteiger partial charge in [0.1, 0.15) is 18.5 Å². The number of rotatable bonds is 18. The number of unbranched alkanes of at least 4 members (excludes halogenated alkanes) is 1. The monoisotopic (exact) mass is 476 g/mol.